The van der Waals surface area contributed by atoms with E-state index in [2.05, 4.69) is 25.3 Å². The molecule has 0 saturated heterocycles. The Balaban J connectivity index is 1.86. The Morgan fingerprint density at radius 2 is 2.08 bits per heavy atom. The highest BCUT2D eigenvalue weighted by molar-refractivity contribution is 7.13. The Labute approximate surface area is 139 Å². The Morgan fingerprint density at radius 3 is 2.79 bits per heavy atom. The maximum absolute atomic E-state index is 12.5. The van der Waals surface area contributed by atoms with Gasteiger partial charge in [0, 0.05) is 11.5 Å². The molecular formula is C14H12N6O3S. The summed E-state index contributed by atoms with van der Waals surface area (Å²) in [5.41, 5.74) is 5.29. The molecule has 10 heteroatoms. The van der Waals surface area contributed by atoms with Crippen LogP contribution >= 0.6 is 11.3 Å². The standard InChI is InChI=1S/C14H12N6O3S/c1-6(14-16-4-8(24-14)11(15)22)19-13(23)10-7-2-3-9(21)20-12(7)18-5-17-10/h2-6H,1H3,(H2,15,22)(H,19,23)(H,17,18,20,21). The van der Waals surface area contributed by atoms with Crippen molar-refractivity contribution in [2.24, 2.45) is 5.73 Å². The molecule has 3 aromatic rings. The maximum Gasteiger partial charge on any atom is 0.271 e. The number of H-pyrrole nitrogens is 1. The van der Waals surface area contributed by atoms with Gasteiger partial charge in [-0.1, -0.05) is 0 Å². The second-order valence-corrected chi connectivity index (χ2v) is 5.99. The van der Waals surface area contributed by atoms with Crippen LogP contribution in [0.15, 0.2) is 29.5 Å². The van der Waals surface area contributed by atoms with Crippen molar-refractivity contribution in [3.05, 3.63) is 50.6 Å². The fourth-order valence-corrected chi connectivity index (χ4v) is 2.85. The summed E-state index contributed by atoms with van der Waals surface area (Å²) in [6, 6.07) is 2.34. The van der Waals surface area contributed by atoms with Crippen molar-refractivity contribution < 1.29 is 9.59 Å². The molecule has 0 bridgehead atoms. The molecule has 0 aliphatic heterocycles. The first-order valence-corrected chi connectivity index (χ1v) is 7.68. The molecule has 3 aromatic heterocycles. The summed E-state index contributed by atoms with van der Waals surface area (Å²) in [5, 5.41) is 3.72. The van der Waals surface area contributed by atoms with E-state index in [4.69, 9.17) is 5.73 Å². The van der Waals surface area contributed by atoms with Gasteiger partial charge in [-0.05, 0) is 13.0 Å². The van der Waals surface area contributed by atoms with Crippen molar-refractivity contribution in [2.75, 3.05) is 0 Å². The van der Waals surface area contributed by atoms with Crippen LogP contribution in [0.3, 0.4) is 0 Å². The second kappa shape index (κ2) is 6.16. The zero-order valence-electron chi connectivity index (χ0n) is 12.4. The van der Waals surface area contributed by atoms with Crippen molar-refractivity contribution in [2.45, 2.75) is 13.0 Å². The van der Waals surface area contributed by atoms with Crippen molar-refractivity contribution >= 4 is 34.2 Å². The molecule has 1 atom stereocenters. The van der Waals surface area contributed by atoms with Crippen LogP contribution in [0.25, 0.3) is 11.0 Å². The van der Waals surface area contributed by atoms with Crippen LogP contribution in [-0.2, 0) is 0 Å². The van der Waals surface area contributed by atoms with E-state index in [0.717, 1.165) is 11.3 Å². The van der Waals surface area contributed by atoms with Gasteiger partial charge in [-0.15, -0.1) is 11.3 Å². The van der Waals surface area contributed by atoms with E-state index in [1.165, 1.54) is 24.7 Å². The third-order valence-electron chi connectivity index (χ3n) is 3.23. The Bertz CT molecular complexity index is 995. The molecule has 1 unspecified atom stereocenters. The van der Waals surface area contributed by atoms with Crippen molar-refractivity contribution in [3.8, 4) is 0 Å². The summed E-state index contributed by atoms with van der Waals surface area (Å²) in [7, 11) is 0. The number of nitrogens with zero attached hydrogens (tertiary/aromatic N) is 3. The van der Waals surface area contributed by atoms with E-state index in [-0.39, 0.29) is 16.9 Å². The number of amides is 2. The highest BCUT2D eigenvalue weighted by Gasteiger charge is 2.19. The third-order valence-corrected chi connectivity index (χ3v) is 4.42. The normalized spacial score (nSPS) is 12.0. The fraction of sp³-hybridized carbons (Fsp3) is 0.143. The summed E-state index contributed by atoms with van der Waals surface area (Å²) in [6.45, 7) is 1.73. The van der Waals surface area contributed by atoms with Gasteiger partial charge in [0.1, 0.15) is 27.6 Å². The number of hydrogen-bond acceptors (Lipinski definition) is 7. The number of nitrogens with one attached hydrogen (secondary N) is 2. The van der Waals surface area contributed by atoms with Gasteiger partial charge < -0.3 is 16.0 Å². The molecule has 0 radical (unpaired) electrons. The molecule has 0 aliphatic carbocycles. The summed E-state index contributed by atoms with van der Waals surface area (Å²) in [5.74, 6) is -1.01. The van der Waals surface area contributed by atoms with E-state index in [1.807, 2.05) is 0 Å². The minimum Gasteiger partial charge on any atom is -0.365 e. The fourth-order valence-electron chi connectivity index (χ4n) is 2.08. The van der Waals surface area contributed by atoms with Gasteiger partial charge in [0.05, 0.1) is 12.2 Å². The summed E-state index contributed by atoms with van der Waals surface area (Å²) in [6.07, 6.45) is 2.57. The van der Waals surface area contributed by atoms with Crippen molar-refractivity contribution in [1.29, 1.82) is 0 Å². The lowest BCUT2D eigenvalue weighted by atomic mass is 10.2. The lowest BCUT2D eigenvalue weighted by Crippen LogP contribution is -2.27. The number of nitrogens with two attached hydrogens (primary N) is 1. The molecule has 122 valence electrons. The SMILES string of the molecule is CC(NC(=O)c1ncnc2[nH]c(=O)ccc12)c1ncc(C(N)=O)s1. The smallest absolute Gasteiger partial charge is 0.271 e. The van der Waals surface area contributed by atoms with E-state index in [1.54, 1.807) is 6.92 Å². The minimum atomic E-state index is -0.567. The first-order chi connectivity index (χ1) is 11.5. The number of hydrogen-bond donors (Lipinski definition) is 3. The first-order valence-electron chi connectivity index (χ1n) is 6.86. The predicted molar refractivity (Wildman–Crippen MR) is 86.7 cm³/mol. The average molecular weight is 344 g/mol. The van der Waals surface area contributed by atoms with E-state index in [0.29, 0.717) is 15.3 Å². The lowest BCUT2D eigenvalue weighted by molar-refractivity contribution is 0.0935. The molecular weight excluding hydrogens is 332 g/mol. The minimum absolute atomic E-state index is 0.134. The molecule has 0 aromatic carbocycles. The van der Waals surface area contributed by atoms with Gasteiger partial charge in [-0.2, -0.15) is 0 Å². The number of thiazole rings is 1. The lowest BCUT2D eigenvalue weighted by Gasteiger charge is -2.11. The highest BCUT2D eigenvalue weighted by atomic mass is 32.1. The number of pyridine rings is 1. The molecule has 3 rings (SSSR count). The van der Waals surface area contributed by atoms with Gasteiger partial charge >= 0.3 is 0 Å². The monoisotopic (exact) mass is 344 g/mol. The average Bonchev–Trinajstić information content (AvgIpc) is 3.04. The molecule has 3 heterocycles. The molecule has 4 N–H and O–H groups in total. The van der Waals surface area contributed by atoms with E-state index < -0.39 is 17.9 Å². The van der Waals surface area contributed by atoms with Gasteiger partial charge in [0.2, 0.25) is 5.56 Å². The molecule has 0 fully saturated rings. The second-order valence-electron chi connectivity index (χ2n) is 4.93. The van der Waals surface area contributed by atoms with Crippen LogP contribution in [0.1, 0.15) is 38.1 Å². The zero-order chi connectivity index (χ0) is 17.3. The first kappa shape index (κ1) is 15.7. The molecule has 0 spiro atoms. The molecule has 24 heavy (non-hydrogen) atoms. The third kappa shape index (κ3) is 2.99. The quantitative estimate of drug-likeness (QED) is 0.623. The van der Waals surface area contributed by atoms with Crippen molar-refractivity contribution in [3.63, 3.8) is 0 Å². The van der Waals surface area contributed by atoms with Gasteiger partial charge in [0.15, 0.2) is 0 Å². The van der Waals surface area contributed by atoms with Crippen LogP contribution in [0.2, 0.25) is 0 Å². The Kier molecular flexibility index (Phi) is 4.04. The van der Waals surface area contributed by atoms with Gasteiger partial charge in [0.25, 0.3) is 11.8 Å². The Morgan fingerprint density at radius 1 is 1.29 bits per heavy atom. The summed E-state index contributed by atoms with van der Waals surface area (Å²) in [4.78, 5) is 49.7. The highest BCUT2D eigenvalue weighted by Crippen LogP contribution is 2.20. The summed E-state index contributed by atoms with van der Waals surface area (Å²) >= 11 is 1.11. The van der Waals surface area contributed by atoms with Gasteiger partial charge in [-0.3, -0.25) is 14.4 Å². The Hall–Kier alpha value is -3.14. The number of aromatic amines is 1. The largest absolute Gasteiger partial charge is 0.365 e. The number of aromatic nitrogens is 4. The number of primary amides is 1. The van der Waals surface area contributed by atoms with Crippen LogP contribution < -0.4 is 16.6 Å². The number of carbonyl (C=O) groups excluding carboxylic acids is 2. The number of carbonyl (C=O) groups is 2. The van der Waals surface area contributed by atoms with Crippen LogP contribution in [-0.4, -0.2) is 31.8 Å². The van der Waals surface area contributed by atoms with Crippen LogP contribution in [0.4, 0.5) is 0 Å². The topological polar surface area (TPSA) is 144 Å². The van der Waals surface area contributed by atoms with Crippen LogP contribution in [0.5, 0.6) is 0 Å². The van der Waals surface area contributed by atoms with E-state index in [9.17, 15) is 14.4 Å². The number of rotatable bonds is 4. The van der Waals surface area contributed by atoms with Crippen molar-refractivity contribution in [1.82, 2.24) is 25.3 Å². The molecule has 0 aliphatic rings. The molecule has 9 nitrogen and oxygen atoms in total. The summed E-state index contributed by atoms with van der Waals surface area (Å²) < 4.78 is 0. The van der Waals surface area contributed by atoms with Gasteiger partial charge in [-0.25, -0.2) is 15.0 Å². The predicted octanol–water partition coefficient (Wildman–Crippen LogP) is 0.365. The molecule has 0 saturated carbocycles. The van der Waals surface area contributed by atoms with E-state index >= 15 is 0 Å². The maximum atomic E-state index is 12.5. The molecule has 2 amide bonds. The van der Waals surface area contributed by atoms with Crippen LogP contribution in [0, 0.1) is 0 Å². The number of fused-ring (bicyclic) bond motifs is 1. The zero-order valence-corrected chi connectivity index (χ0v) is 13.3.